The van der Waals surface area contributed by atoms with E-state index in [0.717, 1.165) is 60.2 Å². The van der Waals surface area contributed by atoms with Crippen molar-refractivity contribution in [2.45, 2.75) is 0 Å². The number of pyridine rings is 1. The number of nitrogens with zero attached hydrogens (tertiary/aromatic N) is 2. The van der Waals surface area contributed by atoms with Crippen molar-refractivity contribution in [3.63, 3.8) is 0 Å². The van der Waals surface area contributed by atoms with Gasteiger partial charge in [-0.15, -0.1) is 11.3 Å². The summed E-state index contributed by atoms with van der Waals surface area (Å²) in [5, 5.41) is 6.01. The molecule has 9 rings (SSSR count). The lowest BCUT2D eigenvalue weighted by atomic mass is 10.0. The van der Waals surface area contributed by atoms with Crippen molar-refractivity contribution in [1.29, 1.82) is 0 Å². The summed E-state index contributed by atoms with van der Waals surface area (Å²) in [6.45, 7) is 0. The summed E-state index contributed by atoms with van der Waals surface area (Å²) >= 11 is 1.84. The molecule has 3 nitrogen and oxygen atoms in total. The van der Waals surface area contributed by atoms with Crippen LogP contribution in [0.25, 0.3) is 59.1 Å². The molecule has 46 heavy (non-hydrogen) atoms. The van der Waals surface area contributed by atoms with Gasteiger partial charge in [0.2, 0.25) is 0 Å². The highest BCUT2D eigenvalue weighted by atomic mass is 32.1. The minimum atomic E-state index is -3.09. The molecular weight excluding hydrogens is 600 g/mol. The summed E-state index contributed by atoms with van der Waals surface area (Å²) in [4.78, 5) is 5.27. The second-order valence-electron chi connectivity index (χ2n) is 11.5. The Morgan fingerprint density at radius 3 is 1.74 bits per heavy atom. The van der Waals surface area contributed by atoms with Crippen molar-refractivity contribution in [2.75, 3.05) is 0 Å². The number of benzene rings is 6. The Hall–Kier alpha value is -5.28. The standard InChI is InChI=1S/C41H27N2OPS/c44-45(30-16-6-2-7-17-30,31-18-8-3-9-19-31)32-26-24-29(25-27-32)43-36-23-13-11-21-34(36)41-39(43)37-38(28-14-4-1-5-15-28)42-35-22-12-10-20-33(35)40(37)46-41/h1-27H. The first-order valence-corrected chi connectivity index (χ1v) is 17.9. The number of aromatic nitrogens is 2. The summed E-state index contributed by atoms with van der Waals surface area (Å²) in [6, 6.07) is 55.6. The summed E-state index contributed by atoms with van der Waals surface area (Å²) in [5.74, 6) is 0. The Morgan fingerprint density at radius 2 is 1.07 bits per heavy atom. The average molecular weight is 627 g/mol. The zero-order valence-corrected chi connectivity index (χ0v) is 26.5. The van der Waals surface area contributed by atoms with E-state index in [1.54, 1.807) is 0 Å². The van der Waals surface area contributed by atoms with Crippen LogP contribution in [-0.4, -0.2) is 9.55 Å². The molecule has 0 aliphatic heterocycles. The molecule has 0 saturated heterocycles. The van der Waals surface area contributed by atoms with Gasteiger partial charge >= 0.3 is 0 Å². The molecule has 0 saturated carbocycles. The van der Waals surface area contributed by atoms with E-state index >= 15 is 4.57 Å². The van der Waals surface area contributed by atoms with Crippen LogP contribution in [-0.2, 0) is 4.57 Å². The number of hydrogen-bond donors (Lipinski definition) is 0. The van der Waals surface area contributed by atoms with Crippen molar-refractivity contribution >= 4 is 76.5 Å². The number of thiophene rings is 1. The molecule has 0 atom stereocenters. The van der Waals surface area contributed by atoms with E-state index < -0.39 is 7.14 Å². The van der Waals surface area contributed by atoms with Crippen LogP contribution in [0.3, 0.4) is 0 Å². The van der Waals surface area contributed by atoms with E-state index in [1.165, 1.54) is 14.8 Å². The number of rotatable bonds is 5. The van der Waals surface area contributed by atoms with Crippen molar-refractivity contribution < 1.29 is 4.57 Å². The van der Waals surface area contributed by atoms with Gasteiger partial charge in [0.25, 0.3) is 0 Å². The fraction of sp³-hybridized carbons (Fsp3) is 0. The van der Waals surface area contributed by atoms with E-state index in [-0.39, 0.29) is 0 Å². The van der Waals surface area contributed by atoms with Crippen LogP contribution < -0.4 is 15.9 Å². The van der Waals surface area contributed by atoms with Gasteiger partial charge in [0, 0.05) is 48.0 Å². The van der Waals surface area contributed by atoms with Gasteiger partial charge < -0.3 is 9.13 Å². The second-order valence-corrected chi connectivity index (χ2v) is 15.3. The highest BCUT2D eigenvalue weighted by molar-refractivity contribution is 7.85. The van der Waals surface area contributed by atoms with Crippen LogP contribution in [0.1, 0.15) is 0 Å². The molecule has 3 heterocycles. The highest BCUT2D eigenvalue weighted by Gasteiger charge is 2.30. The lowest BCUT2D eigenvalue weighted by Gasteiger charge is -2.20. The molecule has 0 N–H and O–H groups in total. The zero-order valence-electron chi connectivity index (χ0n) is 24.7. The van der Waals surface area contributed by atoms with Crippen LogP contribution in [0.4, 0.5) is 0 Å². The molecule has 0 unspecified atom stereocenters. The second kappa shape index (κ2) is 10.7. The van der Waals surface area contributed by atoms with E-state index in [9.17, 15) is 0 Å². The number of para-hydroxylation sites is 2. The van der Waals surface area contributed by atoms with Crippen LogP contribution in [0, 0.1) is 0 Å². The smallest absolute Gasteiger partial charge is 0.171 e. The van der Waals surface area contributed by atoms with E-state index in [1.807, 2.05) is 78.1 Å². The van der Waals surface area contributed by atoms with Crippen LogP contribution in [0.15, 0.2) is 164 Å². The predicted molar refractivity (Wildman–Crippen MR) is 196 cm³/mol. The Morgan fingerprint density at radius 1 is 0.522 bits per heavy atom. The van der Waals surface area contributed by atoms with Gasteiger partial charge in [-0.2, -0.15) is 0 Å². The molecule has 0 fully saturated rings. The fourth-order valence-corrected chi connectivity index (χ4v) is 10.8. The number of fused-ring (bicyclic) bond motifs is 7. The highest BCUT2D eigenvalue weighted by Crippen LogP contribution is 2.48. The van der Waals surface area contributed by atoms with Crippen molar-refractivity contribution in [3.05, 3.63) is 164 Å². The van der Waals surface area contributed by atoms with Crippen molar-refractivity contribution in [3.8, 4) is 16.9 Å². The Kier molecular flexibility index (Phi) is 6.28. The predicted octanol–water partition coefficient (Wildman–Crippen LogP) is 9.85. The van der Waals surface area contributed by atoms with Crippen LogP contribution in [0.5, 0.6) is 0 Å². The summed E-state index contributed by atoms with van der Waals surface area (Å²) < 4.78 is 19.9. The van der Waals surface area contributed by atoms with E-state index in [4.69, 9.17) is 4.98 Å². The van der Waals surface area contributed by atoms with Crippen LogP contribution in [0.2, 0.25) is 0 Å². The molecule has 9 aromatic rings. The summed E-state index contributed by atoms with van der Waals surface area (Å²) in [6.07, 6.45) is 0. The quantitative estimate of drug-likeness (QED) is 0.178. The molecule has 0 aliphatic carbocycles. The SMILES string of the molecule is O=P(c1ccccc1)(c1ccccc1)c1ccc(-n2c3ccccc3c3sc4c5ccccc5nc(-c5ccccc5)c4c32)cc1. The molecule has 0 aliphatic rings. The van der Waals surface area contributed by atoms with Crippen LogP contribution >= 0.6 is 18.5 Å². The molecule has 5 heteroatoms. The third-order valence-corrected chi connectivity index (χ3v) is 13.2. The van der Waals surface area contributed by atoms with Gasteiger partial charge in [0.05, 0.1) is 26.9 Å². The molecule has 6 aromatic carbocycles. The summed E-state index contributed by atoms with van der Waals surface area (Å²) in [5.41, 5.74) is 6.39. The van der Waals surface area contributed by atoms with Crippen molar-refractivity contribution in [2.24, 2.45) is 0 Å². The lowest BCUT2D eigenvalue weighted by molar-refractivity contribution is 0.592. The van der Waals surface area contributed by atoms with Gasteiger partial charge in [0.15, 0.2) is 7.14 Å². The normalized spacial score (nSPS) is 12.0. The third kappa shape index (κ3) is 4.04. The Bertz CT molecular complexity index is 2550. The van der Waals surface area contributed by atoms with Gasteiger partial charge in [-0.25, -0.2) is 4.98 Å². The average Bonchev–Trinajstić information content (AvgIpc) is 3.68. The minimum Gasteiger partial charge on any atom is -0.309 e. The first-order chi connectivity index (χ1) is 22.7. The van der Waals surface area contributed by atoms with Gasteiger partial charge in [0.1, 0.15) is 0 Å². The Balaban J connectivity index is 1.34. The Labute approximate surface area is 270 Å². The van der Waals surface area contributed by atoms with E-state index in [0.29, 0.717) is 0 Å². The molecule has 0 spiro atoms. The van der Waals surface area contributed by atoms with Gasteiger partial charge in [-0.3, -0.25) is 0 Å². The van der Waals surface area contributed by atoms with Crippen molar-refractivity contribution in [1.82, 2.24) is 9.55 Å². The molecule has 0 amide bonds. The molecule has 0 radical (unpaired) electrons. The first kappa shape index (κ1) is 27.1. The lowest BCUT2D eigenvalue weighted by Crippen LogP contribution is -2.24. The fourth-order valence-electron chi connectivity index (χ4n) is 6.76. The molecule has 3 aromatic heterocycles. The first-order valence-electron chi connectivity index (χ1n) is 15.3. The zero-order chi connectivity index (χ0) is 30.7. The maximum Gasteiger partial charge on any atom is 0.171 e. The van der Waals surface area contributed by atoms with Gasteiger partial charge in [-0.05, 0) is 36.4 Å². The largest absolute Gasteiger partial charge is 0.309 e. The topological polar surface area (TPSA) is 34.9 Å². The maximum atomic E-state index is 15.1. The molecular formula is C41H27N2OPS. The number of hydrogen-bond acceptors (Lipinski definition) is 3. The maximum absolute atomic E-state index is 15.1. The molecule has 0 bridgehead atoms. The minimum absolute atomic E-state index is 0.814. The van der Waals surface area contributed by atoms with E-state index in [2.05, 4.69) is 102 Å². The van der Waals surface area contributed by atoms with Gasteiger partial charge in [-0.1, -0.05) is 127 Å². The third-order valence-electron chi connectivity index (χ3n) is 8.87. The monoisotopic (exact) mass is 626 g/mol. The summed E-state index contributed by atoms with van der Waals surface area (Å²) in [7, 11) is -3.09. The molecule has 218 valence electrons.